The molecule has 3 aliphatic heterocycles. The number of ether oxygens (including phenoxy) is 2. The van der Waals surface area contributed by atoms with Crippen LogP contribution in [-0.4, -0.2) is 58.7 Å². The lowest BCUT2D eigenvalue weighted by Crippen LogP contribution is -2.43. The number of aryl methyl sites for hydroxylation is 1. The highest BCUT2D eigenvalue weighted by Gasteiger charge is 2.40. The van der Waals surface area contributed by atoms with E-state index in [-0.39, 0.29) is 41.6 Å². The van der Waals surface area contributed by atoms with Gasteiger partial charge < -0.3 is 14.4 Å². The van der Waals surface area contributed by atoms with Gasteiger partial charge in [0.15, 0.2) is 11.5 Å². The summed E-state index contributed by atoms with van der Waals surface area (Å²) in [5.74, 6) is 2.24. The molecule has 39 heavy (non-hydrogen) atoms. The monoisotopic (exact) mass is 546 g/mol. The summed E-state index contributed by atoms with van der Waals surface area (Å²) >= 11 is 1.57. The molecule has 0 spiro atoms. The van der Waals surface area contributed by atoms with Gasteiger partial charge in [0, 0.05) is 24.1 Å². The van der Waals surface area contributed by atoms with E-state index >= 15 is 0 Å². The second-order valence-electron chi connectivity index (χ2n) is 11.5. The summed E-state index contributed by atoms with van der Waals surface area (Å²) in [5, 5.41) is 5.00. The van der Waals surface area contributed by atoms with Gasteiger partial charge in [0.05, 0.1) is 22.4 Å². The molecule has 0 unspecified atom stereocenters. The number of hydrogen-bond donors (Lipinski definition) is 0. The Hall–Kier alpha value is -3.46. The van der Waals surface area contributed by atoms with Crippen LogP contribution in [0.4, 0.5) is 5.82 Å². The molecule has 0 N–H and O–H groups in total. The van der Waals surface area contributed by atoms with Crippen molar-refractivity contribution in [2.24, 2.45) is 0 Å². The van der Waals surface area contributed by atoms with Gasteiger partial charge in [-0.05, 0) is 55.2 Å². The number of benzene rings is 2. The summed E-state index contributed by atoms with van der Waals surface area (Å²) in [6.45, 7) is 10.2. The average molecular weight is 547 g/mol. The molecule has 6 rings (SSSR count). The third-order valence-corrected chi connectivity index (χ3v) is 8.75. The maximum atomic E-state index is 13.8. The minimum Gasteiger partial charge on any atom is -0.454 e. The summed E-state index contributed by atoms with van der Waals surface area (Å²) in [4.78, 5) is 30.8. The van der Waals surface area contributed by atoms with Gasteiger partial charge >= 0.3 is 0 Å². The van der Waals surface area contributed by atoms with Crippen molar-refractivity contribution in [3.63, 3.8) is 0 Å². The van der Waals surface area contributed by atoms with Crippen LogP contribution in [0.1, 0.15) is 61.2 Å². The molecule has 1 saturated heterocycles. The zero-order valence-electron chi connectivity index (χ0n) is 22.9. The standard InChI is InChI=1S/C30H34N4O4S/c1-19-8-7-9-21(14-19)34-29-26(28(31-34)30(2,3)4)27(20-10-11-22-23(15-20)38-18-37-22)39-17-25(36)33(29)16-24(35)32-12-5-6-13-32/h7-11,14-15,27H,5-6,12-13,16-18H2,1-4H3/t27-/m0/s1. The first kappa shape index (κ1) is 25.8. The van der Waals surface area contributed by atoms with Crippen LogP contribution < -0.4 is 14.4 Å². The van der Waals surface area contributed by atoms with E-state index in [1.54, 1.807) is 16.7 Å². The molecule has 9 heteroatoms. The molecular weight excluding hydrogens is 512 g/mol. The van der Waals surface area contributed by atoms with Crippen LogP contribution in [0, 0.1) is 6.92 Å². The zero-order chi connectivity index (χ0) is 27.3. The first-order valence-corrected chi connectivity index (χ1v) is 14.6. The van der Waals surface area contributed by atoms with E-state index in [4.69, 9.17) is 14.6 Å². The number of nitrogens with zero attached hydrogens (tertiary/aromatic N) is 4. The fourth-order valence-corrected chi connectivity index (χ4v) is 6.74. The molecular formula is C30H34N4O4S. The van der Waals surface area contributed by atoms with Crippen molar-refractivity contribution >= 4 is 29.4 Å². The molecule has 1 atom stereocenters. The lowest BCUT2D eigenvalue weighted by molar-refractivity contribution is -0.130. The third-order valence-electron chi connectivity index (χ3n) is 7.50. The highest BCUT2D eigenvalue weighted by atomic mass is 32.2. The van der Waals surface area contributed by atoms with Gasteiger partial charge in [0.1, 0.15) is 12.4 Å². The number of aromatic nitrogens is 2. The van der Waals surface area contributed by atoms with Gasteiger partial charge in [-0.3, -0.25) is 14.5 Å². The number of likely N-dealkylation sites (tertiary alicyclic amines) is 1. The van der Waals surface area contributed by atoms with Crippen LogP contribution in [0.5, 0.6) is 11.5 Å². The smallest absolute Gasteiger partial charge is 0.242 e. The van der Waals surface area contributed by atoms with Gasteiger partial charge in [-0.2, -0.15) is 5.10 Å². The summed E-state index contributed by atoms with van der Waals surface area (Å²) in [6.07, 6.45) is 2.00. The Morgan fingerprint density at radius 3 is 2.59 bits per heavy atom. The van der Waals surface area contributed by atoms with Crippen molar-refractivity contribution in [2.45, 2.75) is 51.2 Å². The Morgan fingerprint density at radius 1 is 1.08 bits per heavy atom. The fraction of sp³-hybridized carbons (Fsp3) is 0.433. The summed E-state index contributed by atoms with van der Waals surface area (Å²) in [5.41, 5.74) is 4.53. The Balaban J connectivity index is 1.57. The number of hydrogen-bond acceptors (Lipinski definition) is 6. The van der Waals surface area contributed by atoms with Gasteiger partial charge in [-0.15, -0.1) is 11.8 Å². The Morgan fingerprint density at radius 2 is 1.85 bits per heavy atom. The van der Waals surface area contributed by atoms with Crippen LogP contribution in [0.15, 0.2) is 42.5 Å². The van der Waals surface area contributed by atoms with Crippen LogP contribution in [0.25, 0.3) is 5.69 Å². The quantitative estimate of drug-likeness (QED) is 0.459. The number of carbonyl (C=O) groups is 2. The van der Waals surface area contributed by atoms with E-state index < -0.39 is 0 Å². The highest BCUT2D eigenvalue weighted by molar-refractivity contribution is 8.00. The molecule has 0 bridgehead atoms. The molecule has 1 aromatic heterocycles. The van der Waals surface area contributed by atoms with Crippen LogP contribution in [-0.2, 0) is 15.0 Å². The van der Waals surface area contributed by atoms with Crippen molar-refractivity contribution in [3.8, 4) is 17.2 Å². The SMILES string of the molecule is Cc1cccc(-n2nc(C(C)(C)C)c3c2N(CC(=O)N2CCCC2)C(=O)CS[C@H]3c2ccc3c(c2)OCO3)c1. The minimum absolute atomic E-state index is 0.00133. The van der Waals surface area contributed by atoms with E-state index in [0.29, 0.717) is 11.6 Å². The average Bonchev–Trinajstić information content (AvgIpc) is 3.65. The van der Waals surface area contributed by atoms with Crippen molar-refractivity contribution in [2.75, 3.05) is 37.1 Å². The molecule has 0 radical (unpaired) electrons. The van der Waals surface area contributed by atoms with Crippen LogP contribution in [0.3, 0.4) is 0 Å². The molecule has 8 nitrogen and oxygen atoms in total. The third kappa shape index (κ3) is 4.77. The van der Waals surface area contributed by atoms with E-state index in [9.17, 15) is 9.59 Å². The highest BCUT2D eigenvalue weighted by Crippen LogP contribution is 2.50. The molecule has 0 aliphatic carbocycles. The molecule has 0 saturated carbocycles. The number of amides is 2. The second kappa shape index (κ2) is 9.93. The van der Waals surface area contributed by atoms with Crippen molar-refractivity contribution in [1.82, 2.24) is 14.7 Å². The van der Waals surface area contributed by atoms with Crippen molar-refractivity contribution in [3.05, 3.63) is 64.8 Å². The summed E-state index contributed by atoms with van der Waals surface area (Å²) < 4.78 is 13.1. The number of rotatable bonds is 4. The second-order valence-corrected chi connectivity index (χ2v) is 12.6. The lowest BCUT2D eigenvalue weighted by Gasteiger charge is -2.26. The topological polar surface area (TPSA) is 76.9 Å². The summed E-state index contributed by atoms with van der Waals surface area (Å²) in [7, 11) is 0. The maximum absolute atomic E-state index is 13.8. The first-order valence-electron chi connectivity index (χ1n) is 13.5. The fourth-order valence-electron chi connectivity index (χ4n) is 5.55. The van der Waals surface area contributed by atoms with Crippen molar-refractivity contribution < 1.29 is 19.1 Å². The molecule has 2 aromatic carbocycles. The molecule has 1 fully saturated rings. The minimum atomic E-state index is -0.313. The number of carbonyl (C=O) groups excluding carboxylic acids is 2. The normalized spacial score (nSPS) is 18.9. The van der Waals surface area contributed by atoms with Gasteiger partial charge in [-0.25, -0.2) is 4.68 Å². The van der Waals surface area contributed by atoms with E-state index in [2.05, 4.69) is 26.8 Å². The predicted octanol–water partition coefficient (Wildman–Crippen LogP) is 5.00. The maximum Gasteiger partial charge on any atom is 0.242 e. The number of fused-ring (bicyclic) bond motifs is 2. The van der Waals surface area contributed by atoms with E-state index in [0.717, 1.165) is 59.8 Å². The van der Waals surface area contributed by atoms with Crippen LogP contribution in [0.2, 0.25) is 0 Å². The molecule has 4 heterocycles. The van der Waals surface area contributed by atoms with E-state index in [1.807, 2.05) is 52.9 Å². The lowest BCUT2D eigenvalue weighted by atomic mass is 9.87. The molecule has 204 valence electrons. The Labute approximate surface area is 233 Å². The van der Waals surface area contributed by atoms with Gasteiger partial charge in [0.25, 0.3) is 0 Å². The largest absolute Gasteiger partial charge is 0.454 e. The molecule has 3 aliphatic rings. The van der Waals surface area contributed by atoms with Crippen molar-refractivity contribution in [1.29, 1.82) is 0 Å². The molecule has 3 aromatic rings. The Bertz CT molecular complexity index is 1440. The number of thioether (sulfide) groups is 1. The van der Waals surface area contributed by atoms with Gasteiger partial charge in [-0.1, -0.05) is 39.0 Å². The van der Waals surface area contributed by atoms with Gasteiger partial charge in [0.2, 0.25) is 18.6 Å². The Kier molecular flexibility index (Phi) is 6.57. The molecule has 2 amide bonds. The van der Waals surface area contributed by atoms with Crippen LogP contribution >= 0.6 is 11.8 Å². The number of anilines is 1. The predicted molar refractivity (Wildman–Crippen MR) is 152 cm³/mol. The first-order chi connectivity index (χ1) is 18.7. The summed E-state index contributed by atoms with van der Waals surface area (Å²) in [6, 6.07) is 14.1. The zero-order valence-corrected chi connectivity index (χ0v) is 23.7. The van der Waals surface area contributed by atoms with E-state index in [1.165, 1.54) is 0 Å².